The van der Waals surface area contributed by atoms with E-state index in [1.807, 2.05) is 24.5 Å². The van der Waals surface area contributed by atoms with Crippen molar-refractivity contribution < 1.29 is 0 Å². The van der Waals surface area contributed by atoms with Gasteiger partial charge in [-0.1, -0.05) is 0 Å². The molecule has 0 aromatic carbocycles. The van der Waals surface area contributed by atoms with Crippen LogP contribution in [0.2, 0.25) is 0 Å². The van der Waals surface area contributed by atoms with E-state index in [0.717, 1.165) is 28.7 Å². The number of nitrogens with two attached hydrogens (primary N) is 1. The van der Waals surface area contributed by atoms with Crippen molar-refractivity contribution in [3.63, 3.8) is 0 Å². The Morgan fingerprint density at radius 3 is 3.00 bits per heavy atom. The van der Waals surface area contributed by atoms with Crippen molar-refractivity contribution >= 4 is 21.6 Å². The van der Waals surface area contributed by atoms with Gasteiger partial charge in [-0.3, -0.25) is 0 Å². The highest BCUT2D eigenvalue weighted by Crippen LogP contribution is 2.42. The van der Waals surface area contributed by atoms with Crippen molar-refractivity contribution in [1.29, 1.82) is 0 Å². The van der Waals surface area contributed by atoms with E-state index in [-0.39, 0.29) is 5.54 Å². The fourth-order valence-electron chi connectivity index (χ4n) is 1.74. The van der Waals surface area contributed by atoms with Crippen LogP contribution in [0.1, 0.15) is 18.5 Å². The molecule has 0 atom stereocenters. The first-order valence-corrected chi connectivity index (χ1v) is 5.41. The average Bonchev–Trinajstić information content (AvgIpc) is 2.77. The van der Waals surface area contributed by atoms with Gasteiger partial charge in [0, 0.05) is 6.20 Å². The van der Waals surface area contributed by atoms with Crippen LogP contribution in [0.25, 0.3) is 5.65 Å². The number of imidazole rings is 1. The molecule has 1 fully saturated rings. The topological polar surface area (TPSA) is 43.3 Å². The minimum absolute atomic E-state index is 0.125. The van der Waals surface area contributed by atoms with E-state index in [2.05, 4.69) is 25.3 Å². The van der Waals surface area contributed by atoms with E-state index < -0.39 is 0 Å². The number of nitrogens with zero attached hydrogens (tertiary/aromatic N) is 2. The summed E-state index contributed by atoms with van der Waals surface area (Å²) in [7, 11) is 0. The van der Waals surface area contributed by atoms with Gasteiger partial charge in [0.1, 0.15) is 0 Å². The van der Waals surface area contributed by atoms with Crippen LogP contribution < -0.4 is 5.73 Å². The lowest BCUT2D eigenvalue weighted by molar-refractivity contribution is 0.698. The molecule has 1 aliphatic carbocycles. The van der Waals surface area contributed by atoms with Gasteiger partial charge in [0.25, 0.3) is 0 Å². The number of pyridine rings is 1. The molecular formula is C10H10BrN3. The van der Waals surface area contributed by atoms with E-state index in [1.54, 1.807) is 0 Å². The summed E-state index contributed by atoms with van der Waals surface area (Å²) in [6.45, 7) is 0. The van der Waals surface area contributed by atoms with Crippen LogP contribution in [-0.2, 0) is 5.54 Å². The number of hydrogen-bond acceptors (Lipinski definition) is 2. The van der Waals surface area contributed by atoms with Gasteiger partial charge in [-0.05, 0) is 40.9 Å². The standard InChI is InChI=1S/C10H10BrN3/c11-7-2-1-5-14-8(6-13-9(7)14)10(12)3-4-10/h1-2,5-6H,3-4,12H2. The Kier molecular flexibility index (Phi) is 1.56. The summed E-state index contributed by atoms with van der Waals surface area (Å²) < 4.78 is 3.08. The first-order valence-electron chi connectivity index (χ1n) is 4.62. The monoisotopic (exact) mass is 251 g/mol. The third-order valence-corrected chi connectivity index (χ3v) is 3.41. The lowest BCUT2D eigenvalue weighted by atomic mass is 10.2. The van der Waals surface area contributed by atoms with Crippen LogP contribution >= 0.6 is 15.9 Å². The highest BCUT2D eigenvalue weighted by atomic mass is 79.9. The smallest absolute Gasteiger partial charge is 0.151 e. The second-order valence-corrected chi connectivity index (χ2v) is 4.70. The molecule has 0 spiro atoms. The molecule has 0 amide bonds. The molecule has 0 aliphatic heterocycles. The second-order valence-electron chi connectivity index (χ2n) is 3.85. The van der Waals surface area contributed by atoms with E-state index in [9.17, 15) is 0 Å². The third kappa shape index (κ3) is 1.04. The Hall–Kier alpha value is -0.870. The Balaban J connectivity index is 2.32. The Labute approximate surface area is 90.1 Å². The maximum absolute atomic E-state index is 6.15. The third-order valence-electron chi connectivity index (χ3n) is 2.79. The Bertz CT molecular complexity index is 499. The fourth-order valence-corrected chi connectivity index (χ4v) is 2.18. The van der Waals surface area contributed by atoms with Gasteiger partial charge in [0.15, 0.2) is 5.65 Å². The van der Waals surface area contributed by atoms with E-state index in [1.165, 1.54) is 0 Å². The van der Waals surface area contributed by atoms with Crippen LogP contribution in [0.15, 0.2) is 29.0 Å². The predicted molar refractivity (Wildman–Crippen MR) is 58.0 cm³/mol. The van der Waals surface area contributed by atoms with E-state index in [4.69, 9.17) is 5.73 Å². The fraction of sp³-hybridized carbons (Fsp3) is 0.300. The summed E-state index contributed by atoms with van der Waals surface area (Å²) in [5, 5.41) is 0. The van der Waals surface area contributed by atoms with Crippen LogP contribution in [-0.4, -0.2) is 9.38 Å². The SMILES string of the molecule is NC1(c2cnc3c(Br)cccn23)CC1. The summed E-state index contributed by atoms with van der Waals surface area (Å²) in [6, 6.07) is 3.98. The lowest BCUT2D eigenvalue weighted by Gasteiger charge is -2.07. The number of hydrogen-bond donors (Lipinski definition) is 1. The average molecular weight is 252 g/mol. The molecule has 0 bridgehead atoms. The number of aromatic nitrogens is 2. The van der Waals surface area contributed by atoms with Crippen LogP contribution in [0.4, 0.5) is 0 Å². The quantitative estimate of drug-likeness (QED) is 0.844. The second kappa shape index (κ2) is 2.58. The molecule has 1 aliphatic rings. The minimum Gasteiger partial charge on any atom is -0.320 e. The molecule has 4 heteroatoms. The summed E-state index contributed by atoms with van der Waals surface area (Å²) in [6.07, 6.45) is 6.02. The molecule has 3 rings (SSSR count). The van der Waals surface area contributed by atoms with Gasteiger partial charge in [-0.15, -0.1) is 0 Å². The van der Waals surface area contributed by atoms with Gasteiger partial charge in [-0.25, -0.2) is 4.98 Å². The predicted octanol–water partition coefficient (Wildman–Crippen LogP) is 2.04. The molecule has 2 heterocycles. The molecular weight excluding hydrogens is 242 g/mol. The first-order chi connectivity index (χ1) is 6.71. The maximum Gasteiger partial charge on any atom is 0.151 e. The minimum atomic E-state index is -0.125. The largest absolute Gasteiger partial charge is 0.320 e. The first kappa shape index (κ1) is 8.44. The highest BCUT2D eigenvalue weighted by Gasteiger charge is 2.42. The summed E-state index contributed by atoms with van der Waals surface area (Å²) in [5.74, 6) is 0. The summed E-state index contributed by atoms with van der Waals surface area (Å²) in [5.41, 5.74) is 8.09. The molecule has 3 nitrogen and oxygen atoms in total. The molecule has 1 saturated carbocycles. The lowest BCUT2D eigenvalue weighted by Crippen LogP contribution is -2.20. The van der Waals surface area contributed by atoms with Crippen molar-refractivity contribution in [3.8, 4) is 0 Å². The van der Waals surface area contributed by atoms with Crippen LogP contribution in [0.3, 0.4) is 0 Å². The van der Waals surface area contributed by atoms with Gasteiger partial charge >= 0.3 is 0 Å². The molecule has 0 saturated heterocycles. The van der Waals surface area contributed by atoms with Gasteiger partial charge in [0.05, 0.1) is 21.9 Å². The van der Waals surface area contributed by atoms with E-state index >= 15 is 0 Å². The summed E-state index contributed by atoms with van der Waals surface area (Å²) in [4.78, 5) is 4.36. The molecule has 2 aromatic heterocycles. The van der Waals surface area contributed by atoms with Gasteiger partial charge < -0.3 is 10.1 Å². The number of halogens is 1. The van der Waals surface area contributed by atoms with Crippen LogP contribution in [0, 0.1) is 0 Å². The van der Waals surface area contributed by atoms with Gasteiger partial charge in [-0.2, -0.15) is 0 Å². The van der Waals surface area contributed by atoms with Crippen molar-refractivity contribution in [2.75, 3.05) is 0 Å². The van der Waals surface area contributed by atoms with Crippen LogP contribution in [0.5, 0.6) is 0 Å². The Morgan fingerprint density at radius 1 is 1.50 bits per heavy atom. The Morgan fingerprint density at radius 2 is 2.29 bits per heavy atom. The number of rotatable bonds is 1. The summed E-state index contributed by atoms with van der Waals surface area (Å²) >= 11 is 3.47. The molecule has 2 N–H and O–H groups in total. The van der Waals surface area contributed by atoms with Gasteiger partial charge in [0.2, 0.25) is 0 Å². The highest BCUT2D eigenvalue weighted by molar-refractivity contribution is 9.10. The van der Waals surface area contributed by atoms with Crippen molar-refractivity contribution in [2.45, 2.75) is 18.4 Å². The zero-order valence-corrected chi connectivity index (χ0v) is 9.16. The van der Waals surface area contributed by atoms with E-state index in [0.29, 0.717) is 0 Å². The van der Waals surface area contributed by atoms with Crippen molar-refractivity contribution in [3.05, 3.63) is 34.7 Å². The van der Waals surface area contributed by atoms with Crippen molar-refractivity contribution in [1.82, 2.24) is 9.38 Å². The molecule has 14 heavy (non-hydrogen) atoms. The maximum atomic E-state index is 6.15. The molecule has 72 valence electrons. The van der Waals surface area contributed by atoms with Crippen molar-refractivity contribution in [2.24, 2.45) is 5.73 Å². The number of fused-ring (bicyclic) bond motifs is 1. The zero-order chi connectivity index (χ0) is 9.76. The molecule has 0 unspecified atom stereocenters. The normalized spacial score (nSPS) is 18.7. The molecule has 0 radical (unpaired) electrons. The zero-order valence-electron chi connectivity index (χ0n) is 7.57. The molecule has 2 aromatic rings.